The molecule has 1 nitrogen and oxygen atoms in total. The molecule has 0 atom stereocenters. The van der Waals surface area contributed by atoms with Crippen LogP contribution in [0.15, 0.2) is 12.1 Å². The Morgan fingerprint density at radius 2 is 1.92 bits per heavy atom. The zero-order valence-electron chi connectivity index (χ0n) is 8.45. The van der Waals surface area contributed by atoms with E-state index in [0.29, 0.717) is 0 Å². The molecular formula is C11H16FN. The first-order chi connectivity index (χ1) is 6.15. The predicted molar refractivity (Wildman–Crippen MR) is 53.5 cm³/mol. The summed E-state index contributed by atoms with van der Waals surface area (Å²) in [5.41, 5.74) is 3.00. The zero-order chi connectivity index (χ0) is 9.84. The average molecular weight is 181 g/mol. The second-order valence-corrected chi connectivity index (χ2v) is 3.38. The summed E-state index contributed by atoms with van der Waals surface area (Å²) in [6.45, 7) is 4.71. The van der Waals surface area contributed by atoms with Crippen LogP contribution < -0.4 is 5.32 Å². The third-order valence-electron chi connectivity index (χ3n) is 2.26. The summed E-state index contributed by atoms with van der Waals surface area (Å²) in [6.07, 6.45) is 0.888. The van der Waals surface area contributed by atoms with Gasteiger partial charge >= 0.3 is 0 Å². The lowest BCUT2D eigenvalue weighted by Crippen LogP contribution is -2.11. The van der Waals surface area contributed by atoms with Gasteiger partial charge in [-0.1, -0.05) is 6.07 Å². The van der Waals surface area contributed by atoms with Gasteiger partial charge in [0.2, 0.25) is 0 Å². The van der Waals surface area contributed by atoms with Gasteiger partial charge in [0.1, 0.15) is 5.82 Å². The SMILES string of the molecule is CNCCc1cc(F)c(C)cc1C. The number of halogens is 1. The van der Waals surface area contributed by atoms with Crippen LogP contribution in [-0.4, -0.2) is 13.6 Å². The molecule has 1 aromatic carbocycles. The van der Waals surface area contributed by atoms with Crippen LogP contribution in [-0.2, 0) is 6.42 Å². The number of nitrogens with one attached hydrogen (secondary N) is 1. The molecule has 0 saturated carbocycles. The monoisotopic (exact) mass is 181 g/mol. The first-order valence-electron chi connectivity index (χ1n) is 4.55. The third-order valence-corrected chi connectivity index (χ3v) is 2.26. The van der Waals surface area contributed by atoms with E-state index in [1.165, 1.54) is 5.56 Å². The van der Waals surface area contributed by atoms with Crippen LogP contribution in [0.1, 0.15) is 16.7 Å². The van der Waals surface area contributed by atoms with Crippen molar-refractivity contribution in [3.8, 4) is 0 Å². The highest BCUT2D eigenvalue weighted by molar-refractivity contribution is 5.31. The van der Waals surface area contributed by atoms with Gasteiger partial charge in [-0.25, -0.2) is 4.39 Å². The first kappa shape index (κ1) is 10.2. The van der Waals surface area contributed by atoms with Crippen molar-refractivity contribution in [2.75, 3.05) is 13.6 Å². The van der Waals surface area contributed by atoms with E-state index in [1.807, 2.05) is 20.0 Å². The van der Waals surface area contributed by atoms with E-state index in [2.05, 4.69) is 5.32 Å². The topological polar surface area (TPSA) is 12.0 Å². The fraction of sp³-hybridized carbons (Fsp3) is 0.455. The summed E-state index contributed by atoms with van der Waals surface area (Å²) in [5, 5.41) is 3.06. The Morgan fingerprint density at radius 1 is 1.23 bits per heavy atom. The maximum absolute atomic E-state index is 13.2. The fourth-order valence-corrected chi connectivity index (χ4v) is 1.40. The van der Waals surface area contributed by atoms with Crippen molar-refractivity contribution >= 4 is 0 Å². The van der Waals surface area contributed by atoms with Crippen LogP contribution in [0.2, 0.25) is 0 Å². The van der Waals surface area contributed by atoms with Gasteiger partial charge in [0, 0.05) is 0 Å². The van der Waals surface area contributed by atoms with Crippen molar-refractivity contribution in [1.82, 2.24) is 5.32 Å². The quantitative estimate of drug-likeness (QED) is 0.753. The minimum absolute atomic E-state index is 0.100. The minimum atomic E-state index is -0.100. The average Bonchev–Trinajstić information content (AvgIpc) is 2.09. The molecule has 0 spiro atoms. The van der Waals surface area contributed by atoms with E-state index >= 15 is 0 Å². The Hall–Kier alpha value is -0.890. The van der Waals surface area contributed by atoms with Gasteiger partial charge in [-0.2, -0.15) is 0 Å². The number of hydrogen-bond donors (Lipinski definition) is 1. The highest BCUT2D eigenvalue weighted by Gasteiger charge is 2.03. The number of likely N-dealkylation sites (N-methyl/N-ethyl adjacent to an activating group) is 1. The summed E-state index contributed by atoms with van der Waals surface area (Å²) in [7, 11) is 1.90. The van der Waals surface area contributed by atoms with E-state index in [4.69, 9.17) is 0 Å². The van der Waals surface area contributed by atoms with Gasteiger partial charge in [0.05, 0.1) is 0 Å². The molecule has 1 aromatic rings. The molecule has 0 amide bonds. The molecule has 0 aliphatic heterocycles. The molecule has 0 saturated heterocycles. The molecule has 0 fully saturated rings. The molecule has 72 valence electrons. The van der Waals surface area contributed by atoms with Crippen molar-refractivity contribution in [2.45, 2.75) is 20.3 Å². The molecule has 1 N–H and O–H groups in total. The fourth-order valence-electron chi connectivity index (χ4n) is 1.40. The van der Waals surface area contributed by atoms with Gasteiger partial charge in [0.25, 0.3) is 0 Å². The number of benzene rings is 1. The highest BCUT2D eigenvalue weighted by Crippen LogP contribution is 2.14. The summed E-state index contributed by atoms with van der Waals surface area (Å²) in [6, 6.07) is 3.54. The van der Waals surface area contributed by atoms with Crippen LogP contribution in [0.4, 0.5) is 4.39 Å². The van der Waals surface area contributed by atoms with Crippen LogP contribution in [0.25, 0.3) is 0 Å². The van der Waals surface area contributed by atoms with Crippen molar-refractivity contribution in [1.29, 1.82) is 0 Å². The Bertz CT molecular complexity index is 294. The normalized spacial score (nSPS) is 10.5. The van der Waals surface area contributed by atoms with Crippen LogP contribution in [0.5, 0.6) is 0 Å². The van der Waals surface area contributed by atoms with Gasteiger partial charge in [-0.15, -0.1) is 0 Å². The Balaban J connectivity index is 2.88. The zero-order valence-corrected chi connectivity index (χ0v) is 8.45. The van der Waals surface area contributed by atoms with E-state index in [1.54, 1.807) is 13.0 Å². The minimum Gasteiger partial charge on any atom is -0.319 e. The molecule has 0 unspecified atom stereocenters. The lowest BCUT2D eigenvalue weighted by Gasteiger charge is -2.07. The number of rotatable bonds is 3. The molecule has 13 heavy (non-hydrogen) atoms. The summed E-state index contributed by atoms with van der Waals surface area (Å²) < 4.78 is 13.2. The molecule has 0 aliphatic carbocycles. The van der Waals surface area contributed by atoms with Gasteiger partial charge in [-0.05, 0) is 56.6 Å². The van der Waals surface area contributed by atoms with Gasteiger partial charge in [0.15, 0.2) is 0 Å². The second-order valence-electron chi connectivity index (χ2n) is 3.38. The third kappa shape index (κ3) is 2.52. The van der Waals surface area contributed by atoms with Crippen molar-refractivity contribution < 1.29 is 4.39 Å². The molecule has 1 rings (SSSR count). The molecule has 0 bridgehead atoms. The van der Waals surface area contributed by atoms with Crippen LogP contribution >= 0.6 is 0 Å². The lowest BCUT2D eigenvalue weighted by molar-refractivity contribution is 0.614. The standard InChI is InChI=1S/C11H16FN/c1-8-6-9(2)11(12)7-10(8)4-5-13-3/h6-7,13H,4-5H2,1-3H3. The molecule has 0 aliphatic rings. The molecule has 2 heteroatoms. The summed E-state index contributed by atoms with van der Waals surface area (Å²) >= 11 is 0. The maximum Gasteiger partial charge on any atom is 0.126 e. The van der Waals surface area contributed by atoms with Crippen LogP contribution in [0, 0.1) is 19.7 Å². The van der Waals surface area contributed by atoms with Gasteiger partial charge < -0.3 is 5.32 Å². The second kappa shape index (κ2) is 4.38. The van der Waals surface area contributed by atoms with E-state index in [0.717, 1.165) is 24.1 Å². The van der Waals surface area contributed by atoms with E-state index in [-0.39, 0.29) is 5.82 Å². The van der Waals surface area contributed by atoms with Crippen molar-refractivity contribution in [3.63, 3.8) is 0 Å². The summed E-state index contributed by atoms with van der Waals surface area (Å²) in [4.78, 5) is 0. The van der Waals surface area contributed by atoms with Crippen LogP contribution in [0.3, 0.4) is 0 Å². The Morgan fingerprint density at radius 3 is 2.54 bits per heavy atom. The largest absolute Gasteiger partial charge is 0.319 e. The van der Waals surface area contributed by atoms with E-state index < -0.39 is 0 Å². The molecule has 0 aromatic heterocycles. The maximum atomic E-state index is 13.2. The molecule has 0 heterocycles. The highest BCUT2D eigenvalue weighted by atomic mass is 19.1. The Kier molecular flexibility index (Phi) is 3.43. The number of aryl methyl sites for hydroxylation is 2. The number of hydrogen-bond acceptors (Lipinski definition) is 1. The summed E-state index contributed by atoms with van der Waals surface area (Å²) in [5.74, 6) is -0.100. The Labute approximate surface area is 79.0 Å². The predicted octanol–water partition coefficient (Wildman–Crippen LogP) is 2.20. The van der Waals surface area contributed by atoms with E-state index in [9.17, 15) is 4.39 Å². The molecular weight excluding hydrogens is 165 g/mol. The van der Waals surface area contributed by atoms with Gasteiger partial charge in [-0.3, -0.25) is 0 Å². The first-order valence-corrected chi connectivity index (χ1v) is 4.55. The smallest absolute Gasteiger partial charge is 0.126 e. The molecule has 0 radical (unpaired) electrons. The lowest BCUT2D eigenvalue weighted by atomic mass is 10.0. The van der Waals surface area contributed by atoms with Crippen molar-refractivity contribution in [3.05, 3.63) is 34.6 Å². The van der Waals surface area contributed by atoms with Crippen molar-refractivity contribution in [2.24, 2.45) is 0 Å².